The molecule has 4 heterocycles. The van der Waals surface area contributed by atoms with Crippen LogP contribution in [-0.2, 0) is 29.3 Å². The summed E-state index contributed by atoms with van der Waals surface area (Å²) in [4.78, 5) is 92.2. The maximum Gasteiger partial charge on any atom is 0.469 e. The van der Waals surface area contributed by atoms with E-state index in [4.69, 9.17) is 30.0 Å². The van der Waals surface area contributed by atoms with Gasteiger partial charge in [-0.1, -0.05) is 48.5 Å². The number of carbonyl (C=O) groups is 2. The molecule has 8 atom stereocenters. The molecule has 312 valence electrons. The first-order valence-corrected chi connectivity index (χ1v) is 21.7. The van der Waals surface area contributed by atoms with Crippen LogP contribution in [0.2, 0.25) is 0 Å². The summed E-state index contributed by atoms with van der Waals surface area (Å²) in [6, 6.07) is 19.0. The molecule has 0 aliphatic carbocycles. The van der Waals surface area contributed by atoms with Crippen LogP contribution in [0.3, 0.4) is 0 Å². The Bertz CT molecular complexity index is 2290. The molecule has 25 heteroatoms. The molecule has 6 rings (SSSR count). The third-order valence-electron chi connectivity index (χ3n) is 8.35. The van der Waals surface area contributed by atoms with Gasteiger partial charge in [0.2, 0.25) is 0 Å². The number of aromatic nitrogens is 4. The molecule has 0 saturated carbocycles. The Kier molecular flexibility index (Phi) is 15.0. The van der Waals surface area contributed by atoms with Gasteiger partial charge >= 0.3 is 33.0 Å². The molecule has 7 N–H and O–H groups in total. The number of phosphoric acid groups is 2. The molecule has 0 spiro atoms. The summed E-state index contributed by atoms with van der Waals surface area (Å²) >= 11 is 1.65. The number of anilines is 1. The second-order valence-corrected chi connectivity index (χ2v) is 17.6. The van der Waals surface area contributed by atoms with E-state index in [2.05, 4.69) is 19.0 Å². The fraction of sp³-hybridized carbons (Fsp3) is 0.333. The molecule has 2 aromatic carbocycles. The van der Waals surface area contributed by atoms with Gasteiger partial charge in [0, 0.05) is 18.0 Å². The van der Waals surface area contributed by atoms with Crippen molar-refractivity contribution in [3.8, 4) is 0 Å². The van der Waals surface area contributed by atoms with Gasteiger partial charge in [-0.05, 0) is 24.3 Å². The molecule has 2 saturated heterocycles. The Hall–Kier alpha value is -4.12. The lowest BCUT2D eigenvalue weighted by atomic mass is 10.1. The summed E-state index contributed by atoms with van der Waals surface area (Å²) < 4.78 is 67.7. The molecule has 4 aromatic rings. The van der Waals surface area contributed by atoms with Gasteiger partial charge in [0.05, 0.1) is 41.4 Å². The third-order valence-corrected chi connectivity index (χ3v) is 12.4. The van der Waals surface area contributed by atoms with Crippen LogP contribution in [-0.4, -0.2) is 104 Å². The van der Waals surface area contributed by atoms with Crippen LogP contribution in [0.5, 0.6) is 0 Å². The van der Waals surface area contributed by atoms with Crippen molar-refractivity contribution in [2.45, 2.75) is 52.2 Å². The molecule has 2 fully saturated rings. The van der Waals surface area contributed by atoms with E-state index >= 15 is 4.39 Å². The zero-order valence-corrected chi connectivity index (χ0v) is 33.0. The quantitative estimate of drug-likeness (QED) is 0.0637. The fourth-order valence-corrected chi connectivity index (χ4v) is 9.41. The smallest absolute Gasteiger partial charge is 0.454 e. The zero-order valence-electron chi connectivity index (χ0n) is 29.6. The second-order valence-electron chi connectivity index (χ2n) is 12.4. The fourth-order valence-electron chi connectivity index (χ4n) is 5.62. The first-order valence-electron chi connectivity index (χ1n) is 16.8. The standard InChI is InChI=1S/C24H22FN2O8PS.C9H13FN3O6PS/c25-20-21(35-23(29)16-9-5-2-6-10-16)19(14-34-36(31,32)33)37-22(20)27-12-11-17(26-24(27)30)13-18(28)15-7-3-1-4-8-15;10-6-7(14)4(3-19-20(16,17)18)21-8(6)13-2-1-5(11)12-9(13)15/h1-12,19-22H,13-14H2,(H2,31,32,33);1-2,4,6-8,14H,3H2,(H2,11,12,15)(H2,16,17,18)/t19-,20+,21-,22-;4-,6+,7-,8-/m11/s1. The van der Waals surface area contributed by atoms with E-state index in [0.717, 1.165) is 32.7 Å². The highest BCUT2D eigenvalue weighted by molar-refractivity contribution is 8.00. The van der Waals surface area contributed by atoms with Gasteiger partial charge < -0.3 is 35.2 Å². The number of ketones is 1. The van der Waals surface area contributed by atoms with E-state index in [1.807, 2.05) is 0 Å². The SMILES string of the molecule is Nc1ccn([C@@H]2S[C@H](COP(=O)(O)O)[C@@H](O)[C@@H]2F)c(=O)n1.O=C(Cc1ccn([C@@H]2S[C@H](COP(=O)(O)O)[C@@H](OC(=O)c3ccccc3)[C@@H]2F)c(=O)n1)c1ccccc1. The number of Topliss-reactive ketones (excluding diaryl/α,β-unsaturated/α-hetero) is 1. The molecule has 2 aliphatic rings. The number of carbonyl (C=O) groups excluding carboxylic acids is 2. The summed E-state index contributed by atoms with van der Waals surface area (Å²) in [6.45, 7) is -1.19. The number of halogens is 2. The first-order chi connectivity index (χ1) is 27.3. The van der Waals surface area contributed by atoms with Crippen molar-refractivity contribution < 1.29 is 66.0 Å². The van der Waals surface area contributed by atoms with E-state index < -0.39 is 92.0 Å². The van der Waals surface area contributed by atoms with Gasteiger partial charge in [0.15, 0.2) is 24.2 Å². The maximum absolute atomic E-state index is 15.6. The van der Waals surface area contributed by atoms with Crippen LogP contribution in [0, 0.1) is 0 Å². The Labute approximate surface area is 335 Å². The number of aliphatic hydroxyl groups is 1. The average Bonchev–Trinajstić information content (AvgIpc) is 3.63. The summed E-state index contributed by atoms with van der Waals surface area (Å²) in [5, 5.41) is 5.48. The highest BCUT2D eigenvalue weighted by Crippen LogP contribution is 2.48. The van der Waals surface area contributed by atoms with Gasteiger partial charge in [-0.2, -0.15) is 9.97 Å². The second kappa shape index (κ2) is 19.3. The van der Waals surface area contributed by atoms with E-state index in [9.17, 15) is 37.8 Å². The number of aliphatic hydroxyl groups excluding tert-OH is 1. The van der Waals surface area contributed by atoms with Gasteiger partial charge in [-0.15, -0.1) is 23.5 Å². The number of nitrogens with zero attached hydrogens (tertiary/aromatic N) is 4. The number of hydrogen-bond donors (Lipinski definition) is 6. The molecule has 0 bridgehead atoms. The first kappa shape index (κ1) is 45.0. The number of alkyl halides is 2. The van der Waals surface area contributed by atoms with Crippen LogP contribution >= 0.6 is 39.2 Å². The number of esters is 1. The number of benzene rings is 2. The predicted octanol–water partition coefficient (Wildman–Crippen LogP) is 2.20. The molecular formula is C33H35F2N5O14P2S2. The Morgan fingerprint density at radius 1 is 0.741 bits per heavy atom. The molecule has 58 heavy (non-hydrogen) atoms. The molecule has 2 aliphatic heterocycles. The normalized spacial score (nSPS) is 24.5. The van der Waals surface area contributed by atoms with Crippen molar-refractivity contribution in [2.24, 2.45) is 0 Å². The lowest BCUT2D eigenvalue weighted by Crippen LogP contribution is -2.37. The van der Waals surface area contributed by atoms with Gasteiger partial charge in [0.1, 0.15) is 22.7 Å². The van der Waals surface area contributed by atoms with Crippen molar-refractivity contribution in [3.05, 3.63) is 123 Å². The van der Waals surface area contributed by atoms with Crippen molar-refractivity contribution in [1.82, 2.24) is 19.1 Å². The molecule has 0 radical (unpaired) electrons. The molecule has 19 nitrogen and oxygen atoms in total. The number of nitrogens with two attached hydrogens (primary N) is 1. The minimum absolute atomic E-state index is 0.0170. The summed E-state index contributed by atoms with van der Waals surface area (Å²) in [5.41, 5.74) is 4.53. The topological polar surface area (TPSA) is 293 Å². The van der Waals surface area contributed by atoms with Crippen LogP contribution in [0.25, 0.3) is 0 Å². The van der Waals surface area contributed by atoms with E-state index in [0.29, 0.717) is 5.56 Å². The van der Waals surface area contributed by atoms with Crippen LogP contribution < -0.4 is 17.1 Å². The molecular weight excluding hydrogens is 854 g/mol. The summed E-state index contributed by atoms with van der Waals surface area (Å²) in [5.74, 6) is -1.10. The van der Waals surface area contributed by atoms with Crippen LogP contribution in [0.15, 0.2) is 94.8 Å². The van der Waals surface area contributed by atoms with E-state index in [1.54, 1.807) is 48.5 Å². The highest BCUT2D eigenvalue weighted by atomic mass is 32.2. The summed E-state index contributed by atoms with van der Waals surface area (Å²) in [6.07, 6.45) is -4.35. The van der Waals surface area contributed by atoms with Crippen LogP contribution in [0.1, 0.15) is 37.2 Å². The lowest BCUT2D eigenvalue weighted by Gasteiger charge is -2.21. The minimum atomic E-state index is -4.89. The predicted molar refractivity (Wildman–Crippen MR) is 204 cm³/mol. The third kappa shape index (κ3) is 12.0. The maximum atomic E-state index is 15.6. The van der Waals surface area contributed by atoms with Crippen LogP contribution in [0.4, 0.5) is 14.6 Å². The van der Waals surface area contributed by atoms with Gasteiger partial charge in [-0.3, -0.25) is 23.0 Å². The lowest BCUT2D eigenvalue weighted by molar-refractivity contribution is 0.00207. The number of ether oxygens (including phenoxy) is 1. The van der Waals surface area contributed by atoms with Crippen molar-refractivity contribution in [1.29, 1.82) is 0 Å². The largest absolute Gasteiger partial charge is 0.469 e. The Morgan fingerprint density at radius 2 is 1.24 bits per heavy atom. The minimum Gasteiger partial charge on any atom is -0.454 e. The Morgan fingerprint density at radius 3 is 1.79 bits per heavy atom. The number of phosphoric ester groups is 2. The van der Waals surface area contributed by atoms with Crippen molar-refractivity contribution >= 4 is 56.7 Å². The Balaban J connectivity index is 0.000000258. The van der Waals surface area contributed by atoms with Crippen molar-refractivity contribution in [3.63, 3.8) is 0 Å². The molecule has 2 aromatic heterocycles. The van der Waals surface area contributed by atoms with E-state index in [-0.39, 0.29) is 29.3 Å². The average molecular weight is 890 g/mol. The van der Waals surface area contributed by atoms with Gasteiger partial charge in [-0.25, -0.2) is 32.3 Å². The number of rotatable bonds is 13. The van der Waals surface area contributed by atoms with E-state index in [1.165, 1.54) is 36.7 Å². The highest BCUT2D eigenvalue weighted by Gasteiger charge is 2.49. The molecule has 0 amide bonds. The van der Waals surface area contributed by atoms with Crippen molar-refractivity contribution in [2.75, 3.05) is 18.9 Å². The summed E-state index contributed by atoms with van der Waals surface area (Å²) in [7, 11) is -9.61. The zero-order chi connectivity index (χ0) is 42.4. The molecule has 0 unspecified atom stereocenters. The number of thioether (sulfide) groups is 2. The monoisotopic (exact) mass is 889 g/mol. The number of hydrogen-bond acceptors (Lipinski definition) is 15. The number of nitrogen functional groups attached to an aromatic ring is 1. The van der Waals surface area contributed by atoms with Gasteiger partial charge in [0.25, 0.3) is 0 Å².